The number of carbonyl (C=O) groups excluding carboxylic acids is 1. The van der Waals surface area contributed by atoms with Crippen LogP contribution >= 0.6 is 0 Å². The molecule has 4 rings (SSSR count). The molecule has 5 heteroatoms. The largest absolute Gasteiger partial charge is 0.457 e. The third-order valence-corrected chi connectivity index (χ3v) is 10.9. The second-order valence-electron chi connectivity index (χ2n) is 8.75. The molecule has 0 amide bonds. The Morgan fingerprint density at radius 1 is 1.00 bits per heavy atom. The average molecular weight is 418 g/mol. The number of fused-ring (bicyclic) bond motifs is 1. The molecule has 1 aliphatic heterocycles. The summed E-state index contributed by atoms with van der Waals surface area (Å²) in [7, 11) is -2.65. The van der Waals surface area contributed by atoms with Crippen LogP contribution < -0.4 is 10.4 Å². The zero-order valence-electron chi connectivity index (χ0n) is 17.9. The molecule has 0 fully saturated rings. The van der Waals surface area contributed by atoms with Crippen LogP contribution in [-0.4, -0.2) is 19.3 Å². The molecule has 0 unspecified atom stereocenters. The van der Waals surface area contributed by atoms with Crippen molar-refractivity contribution in [2.24, 2.45) is 0 Å². The molecular formula is C25H27NO3Si. The van der Waals surface area contributed by atoms with E-state index >= 15 is 0 Å². The average Bonchev–Trinajstić information content (AvgIpc) is 3.13. The lowest BCUT2D eigenvalue weighted by molar-refractivity contribution is 0.0533. The van der Waals surface area contributed by atoms with E-state index in [0.29, 0.717) is 17.9 Å². The molecule has 0 aliphatic carbocycles. The number of nitrogens with zero attached hydrogens (tertiary/aromatic N) is 1. The Morgan fingerprint density at radius 3 is 2.10 bits per heavy atom. The molecule has 0 saturated heterocycles. The zero-order chi connectivity index (χ0) is 21.4. The van der Waals surface area contributed by atoms with Crippen molar-refractivity contribution in [1.29, 1.82) is 0 Å². The highest BCUT2D eigenvalue weighted by Crippen LogP contribution is 2.38. The molecule has 2 heterocycles. The third-order valence-electron chi connectivity index (χ3n) is 5.88. The van der Waals surface area contributed by atoms with Crippen LogP contribution in [0.25, 0.3) is 0 Å². The number of ether oxygens (including phenoxy) is 1. The molecule has 30 heavy (non-hydrogen) atoms. The predicted molar refractivity (Wildman–Crippen MR) is 121 cm³/mol. The lowest BCUT2D eigenvalue weighted by atomic mass is 10.0. The summed E-state index contributed by atoms with van der Waals surface area (Å²) in [5.74, 6) is -0.290. The van der Waals surface area contributed by atoms with E-state index in [0.717, 1.165) is 11.1 Å². The number of hydrogen-bond acceptors (Lipinski definition) is 4. The second kappa shape index (κ2) is 7.82. The van der Waals surface area contributed by atoms with Gasteiger partial charge in [0.2, 0.25) is 0 Å². The number of cyclic esters (lactones) is 1. The van der Waals surface area contributed by atoms with Crippen molar-refractivity contribution < 1.29 is 14.0 Å². The monoisotopic (exact) mass is 417 g/mol. The molecule has 1 aromatic heterocycles. The number of benzene rings is 2. The van der Waals surface area contributed by atoms with Gasteiger partial charge in [0.15, 0.2) is 0 Å². The molecule has 154 valence electrons. The molecule has 1 aliphatic rings. The first kappa shape index (κ1) is 20.5. The number of rotatable bonds is 5. The van der Waals surface area contributed by atoms with Crippen LogP contribution in [0.5, 0.6) is 0 Å². The summed E-state index contributed by atoms with van der Waals surface area (Å²) in [5.41, 5.74) is 3.14. The van der Waals surface area contributed by atoms with Crippen molar-refractivity contribution in [3.05, 3.63) is 89.2 Å². The highest BCUT2D eigenvalue weighted by molar-refractivity contribution is 6.99. The van der Waals surface area contributed by atoms with Crippen LogP contribution in [-0.2, 0) is 22.4 Å². The highest BCUT2D eigenvalue weighted by atomic mass is 28.4. The lowest BCUT2D eigenvalue weighted by Gasteiger charge is -2.43. The maximum Gasteiger partial charge on any atom is 0.340 e. The van der Waals surface area contributed by atoms with Gasteiger partial charge in [0.25, 0.3) is 8.32 Å². The van der Waals surface area contributed by atoms with Crippen molar-refractivity contribution in [2.75, 3.05) is 0 Å². The van der Waals surface area contributed by atoms with Crippen molar-refractivity contribution in [3.8, 4) is 0 Å². The Bertz CT molecular complexity index is 1020. The molecule has 4 nitrogen and oxygen atoms in total. The molecular weight excluding hydrogens is 390 g/mol. The van der Waals surface area contributed by atoms with E-state index in [1.165, 1.54) is 10.4 Å². The van der Waals surface area contributed by atoms with Gasteiger partial charge >= 0.3 is 5.97 Å². The number of aromatic nitrogens is 1. The molecule has 3 aromatic rings. The van der Waals surface area contributed by atoms with E-state index in [9.17, 15) is 4.79 Å². The Hall–Kier alpha value is -2.76. The Balaban J connectivity index is 1.82. The quantitative estimate of drug-likeness (QED) is 0.462. The summed E-state index contributed by atoms with van der Waals surface area (Å²) in [4.78, 5) is 16.6. The molecule has 0 spiro atoms. The SMILES string of the molecule is Cc1ncc(CO[Si](c2ccccc2)(c2ccccc2)C(C)(C)C)c2c1C(=O)OC2. The third kappa shape index (κ3) is 3.38. The maximum absolute atomic E-state index is 12.1. The van der Waals surface area contributed by atoms with Crippen LogP contribution in [0.4, 0.5) is 0 Å². The molecule has 2 aromatic carbocycles. The van der Waals surface area contributed by atoms with Gasteiger partial charge in [-0.05, 0) is 22.3 Å². The number of esters is 1. The standard InChI is InChI=1S/C25H27NO3Si/c1-18-23-22(17-28-24(23)27)19(15-26-18)16-29-30(25(2,3)4,20-11-7-5-8-12-20)21-13-9-6-10-14-21/h5-15H,16-17H2,1-4H3. The highest BCUT2D eigenvalue weighted by Gasteiger charge is 2.50. The minimum Gasteiger partial charge on any atom is -0.457 e. The first-order valence-electron chi connectivity index (χ1n) is 10.2. The number of hydrogen-bond donors (Lipinski definition) is 0. The first-order chi connectivity index (χ1) is 14.3. The Kier molecular flexibility index (Phi) is 5.34. The maximum atomic E-state index is 12.1. The van der Waals surface area contributed by atoms with E-state index in [4.69, 9.17) is 9.16 Å². The van der Waals surface area contributed by atoms with Gasteiger partial charge in [0, 0.05) is 17.3 Å². The van der Waals surface area contributed by atoms with Gasteiger partial charge in [-0.1, -0.05) is 81.4 Å². The summed E-state index contributed by atoms with van der Waals surface area (Å²) >= 11 is 0. The van der Waals surface area contributed by atoms with E-state index in [1.54, 1.807) is 0 Å². The summed E-state index contributed by atoms with van der Waals surface area (Å²) in [6, 6.07) is 21.1. The van der Waals surface area contributed by atoms with E-state index in [-0.39, 0.29) is 17.6 Å². The van der Waals surface area contributed by atoms with Crippen molar-refractivity contribution in [1.82, 2.24) is 4.98 Å². The fourth-order valence-corrected chi connectivity index (χ4v) is 8.94. The van der Waals surface area contributed by atoms with Gasteiger partial charge in [0.1, 0.15) is 6.61 Å². The minimum absolute atomic E-state index is 0.108. The van der Waals surface area contributed by atoms with Gasteiger partial charge in [-0.2, -0.15) is 0 Å². The Morgan fingerprint density at radius 2 is 1.57 bits per heavy atom. The predicted octanol–water partition coefficient (Wildman–Crippen LogP) is 4.14. The van der Waals surface area contributed by atoms with Crippen LogP contribution in [0.15, 0.2) is 66.9 Å². The number of aryl methyl sites for hydroxylation is 1. The van der Waals surface area contributed by atoms with Crippen molar-refractivity contribution >= 4 is 24.7 Å². The van der Waals surface area contributed by atoms with E-state index in [2.05, 4.69) is 74.3 Å². The van der Waals surface area contributed by atoms with Crippen LogP contribution in [0.3, 0.4) is 0 Å². The molecule has 0 saturated carbocycles. The smallest absolute Gasteiger partial charge is 0.340 e. The summed E-state index contributed by atoms with van der Waals surface area (Å²) in [6.45, 7) is 9.28. The zero-order valence-corrected chi connectivity index (χ0v) is 18.9. The summed E-state index contributed by atoms with van der Waals surface area (Å²) in [6.07, 6.45) is 1.83. The second-order valence-corrected chi connectivity index (χ2v) is 13.1. The molecule has 0 radical (unpaired) electrons. The first-order valence-corrected chi connectivity index (χ1v) is 12.1. The van der Waals surface area contributed by atoms with E-state index in [1.807, 2.05) is 25.3 Å². The molecule has 0 N–H and O–H groups in total. The summed E-state index contributed by atoms with van der Waals surface area (Å²) in [5, 5.41) is 2.35. The van der Waals surface area contributed by atoms with Gasteiger partial charge in [-0.25, -0.2) is 4.79 Å². The van der Waals surface area contributed by atoms with Crippen LogP contribution in [0.1, 0.15) is 48.0 Å². The lowest BCUT2D eigenvalue weighted by Crippen LogP contribution is -2.66. The number of carbonyl (C=O) groups is 1. The van der Waals surface area contributed by atoms with Gasteiger partial charge in [-0.15, -0.1) is 0 Å². The molecule has 0 atom stereocenters. The van der Waals surface area contributed by atoms with Gasteiger partial charge in [0.05, 0.1) is 17.9 Å². The Labute approximate surface area is 179 Å². The van der Waals surface area contributed by atoms with Crippen molar-refractivity contribution in [2.45, 2.75) is 45.9 Å². The van der Waals surface area contributed by atoms with Crippen LogP contribution in [0, 0.1) is 6.92 Å². The molecule has 0 bridgehead atoms. The van der Waals surface area contributed by atoms with E-state index < -0.39 is 8.32 Å². The minimum atomic E-state index is -2.65. The van der Waals surface area contributed by atoms with Crippen LogP contribution in [0.2, 0.25) is 5.04 Å². The fourth-order valence-electron chi connectivity index (χ4n) is 4.41. The van der Waals surface area contributed by atoms with Gasteiger partial charge in [-0.3, -0.25) is 4.98 Å². The summed E-state index contributed by atoms with van der Waals surface area (Å²) < 4.78 is 12.3. The number of pyridine rings is 1. The van der Waals surface area contributed by atoms with Crippen molar-refractivity contribution in [3.63, 3.8) is 0 Å². The normalized spacial score (nSPS) is 13.8. The topological polar surface area (TPSA) is 48.4 Å². The fraction of sp³-hybridized carbons (Fsp3) is 0.280. The van der Waals surface area contributed by atoms with Gasteiger partial charge < -0.3 is 9.16 Å².